The Balaban J connectivity index is 1.62. The van der Waals surface area contributed by atoms with Crippen LogP contribution in [0, 0.1) is 0 Å². The summed E-state index contributed by atoms with van der Waals surface area (Å²) in [5.74, 6) is -0.737. The minimum absolute atomic E-state index is 0.0216. The van der Waals surface area contributed by atoms with Gasteiger partial charge in [0.05, 0.1) is 10.6 Å². The number of hydrogen-bond acceptors (Lipinski definition) is 5. The number of aryl methyl sites for hydroxylation is 1. The smallest absolute Gasteiger partial charge is 0.284 e. The number of nitrogens with one attached hydrogen (secondary N) is 1. The van der Waals surface area contributed by atoms with E-state index in [1.807, 2.05) is 13.0 Å². The Morgan fingerprint density at radius 3 is 2.21 bits per heavy atom. The van der Waals surface area contributed by atoms with Crippen molar-refractivity contribution < 1.29 is 18.0 Å². The van der Waals surface area contributed by atoms with Crippen molar-refractivity contribution in [3.8, 4) is 0 Å². The van der Waals surface area contributed by atoms with Crippen molar-refractivity contribution in [2.75, 3.05) is 10.2 Å². The monoisotopic (exact) mass is 493 g/mol. The van der Waals surface area contributed by atoms with E-state index in [4.69, 9.17) is 0 Å². The van der Waals surface area contributed by atoms with Crippen molar-refractivity contribution in [2.24, 2.45) is 4.40 Å². The van der Waals surface area contributed by atoms with Crippen LogP contribution < -0.4 is 10.2 Å². The van der Waals surface area contributed by atoms with Gasteiger partial charge in [0.15, 0.2) is 5.17 Å². The number of hydrogen-bond donors (Lipinski definition) is 1. The second kappa shape index (κ2) is 10.2. The number of nitrogens with zero attached hydrogens (tertiary/aromatic N) is 2. The molecule has 9 heteroatoms. The van der Waals surface area contributed by atoms with Gasteiger partial charge in [-0.05, 0) is 48.4 Å². The lowest BCUT2D eigenvalue weighted by Crippen LogP contribution is -2.33. The lowest BCUT2D eigenvalue weighted by atomic mass is 10.2. The molecule has 34 heavy (non-hydrogen) atoms. The van der Waals surface area contributed by atoms with Gasteiger partial charge in [-0.2, -0.15) is 8.42 Å². The van der Waals surface area contributed by atoms with Gasteiger partial charge in [0.1, 0.15) is 5.25 Å². The fraction of sp³-hybridized carbons (Fsp3) is 0.160. The summed E-state index contributed by atoms with van der Waals surface area (Å²) < 4.78 is 30.1. The molecule has 7 nitrogen and oxygen atoms in total. The summed E-state index contributed by atoms with van der Waals surface area (Å²) in [6, 6.07) is 24.1. The molecule has 1 N–H and O–H groups in total. The highest BCUT2D eigenvalue weighted by Gasteiger charge is 2.41. The quantitative estimate of drug-likeness (QED) is 0.524. The van der Waals surface area contributed by atoms with Crippen molar-refractivity contribution in [1.82, 2.24) is 0 Å². The van der Waals surface area contributed by atoms with Gasteiger partial charge in [0, 0.05) is 12.1 Å². The number of amidine groups is 1. The van der Waals surface area contributed by atoms with Gasteiger partial charge in [0.2, 0.25) is 11.8 Å². The van der Waals surface area contributed by atoms with E-state index in [2.05, 4.69) is 9.71 Å². The Bertz CT molecular complexity index is 1310. The van der Waals surface area contributed by atoms with Gasteiger partial charge in [0.25, 0.3) is 10.0 Å². The summed E-state index contributed by atoms with van der Waals surface area (Å²) in [5.41, 5.74) is 2.11. The molecule has 1 atom stereocenters. The largest absolute Gasteiger partial charge is 0.326 e. The average Bonchev–Trinajstić information content (AvgIpc) is 3.13. The van der Waals surface area contributed by atoms with E-state index in [0.29, 0.717) is 11.4 Å². The van der Waals surface area contributed by atoms with E-state index in [1.165, 1.54) is 17.0 Å². The molecule has 2 amide bonds. The van der Waals surface area contributed by atoms with Crippen LogP contribution in [-0.2, 0) is 26.0 Å². The predicted octanol–water partition coefficient (Wildman–Crippen LogP) is 4.47. The minimum Gasteiger partial charge on any atom is -0.326 e. The summed E-state index contributed by atoms with van der Waals surface area (Å²) >= 11 is 0.976. The molecule has 4 rings (SSSR count). The van der Waals surface area contributed by atoms with Crippen molar-refractivity contribution in [1.29, 1.82) is 0 Å². The summed E-state index contributed by atoms with van der Waals surface area (Å²) in [5, 5.41) is 1.98. The molecular formula is C25H23N3O4S2. The Morgan fingerprint density at radius 1 is 0.971 bits per heavy atom. The van der Waals surface area contributed by atoms with Gasteiger partial charge < -0.3 is 5.32 Å². The van der Waals surface area contributed by atoms with Crippen molar-refractivity contribution in [3.63, 3.8) is 0 Å². The average molecular weight is 494 g/mol. The number of para-hydroxylation sites is 2. The molecule has 1 fully saturated rings. The highest BCUT2D eigenvalue weighted by Crippen LogP contribution is 2.35. The summed E-state index contributed by atoms with van der Waals surface area (Å²) in [7, 11) is -4.06. The predicted molar refractivity (Wildman–Crippen MR) is 135 cm³/mol. The third-order valence-corrected chi connectivity index (χ3v) is 7.74. The highest BCUT2D eigenvalue weighted by atomic mass is 32.2. The second-order valence-electron chi connectivity index (χ2n) is 7.58. The molecule has 174 valence electrons. The second-order valence-corrected chi connectivity index (χ2v) is 10.4. The van der Waals surface area contributed by atoms with E-state index in [-0.39, 0.29) is 22.4 Å². The first-order valence-electron chi connectivity index (χ1n) is 10.7. The van der Waals surface area contributed by atoms with Gasteiger partial charge >= 0.3 is 0 Å². The zero-order valence-electron chi connectivity index (χ0n) is 18.4. The van der Waals surface area contributed by atoms with E-state index in [0.717, 1.165) is 23.7 Å². The first kappa shape index (κ1) is 23.7. The van der Waals surface area contributed by atoms with Crippen molar-refractivity contribution in [2.45, 2.75) is 29.9 Å². The molecule has 1 saturated heterocycles. The van der Waals surface area contributed by atoms with E-state index in [1.54, 1.807) is 66.7 Å². The zero-order valence-corrected chi connectivity index (χ0v) is 20.1. The molecule has 0 radical (unpaired) electrons. The van der Waals surface area contributed by atoms with Gasteiger partial charge in [-0.15, -0.1) is 4.40 Å². The SMILES string of the molecule is CCc1ccc(S(=O)(=O)N=C2S[C@H](CC(=O)Nc3ccccc3)C(=O)N2c2ccccc2)cc1. The molecule has 3 aromatic carbocycles. The molecule has 0 unspecified atom stereocenters. The van der Waals surface area contributed by atoms with Crippen LogP contribution in [0.2, 0.25) is 0 Å². The zero-order chi connectivity index (χ0) is 24.1. The van der Waals surface area contributed by atoms with Crippen LogP contribution >= 0.6 is 11.8 Å². The third-order valence-electron chi connectivity index (χ3n) is 5.21. The first-order chi connectivity index (χ1) is 16.4. The molecule has 0 spiro atoms. The molecule has 0 saturated carbocycles. The molecule has 3 aromatic rings. The molecule has 0 aliphatic carbocycles. The Morgan fingerprint density at radius 2 is 1.59 bits per heavy atom. The molecule has 0 aromatic heterocycles. The standard InChI is InChI=1S/C25H23N3O4S2/c1-2-18-13-15-21(16-14-18)34(31,32)27-25-28(20-11-7-4-8-12-20)24(30)22(33-25)17-23(29)26-19-9-5-3-6-10-19/h3-16,22H,2,17H2,1H3,(H,26,29)/t22-/m1/s1. The number of sulfonamides is 1. The summed E-state index contributed by atoms with van der Waals surface area (Å²) in [4.78, 5) is 27.1. The molecule has 1 aliphatic heterocycles. The maximum Gasteiger partial charge on any atom is 0.284 e. The maximum atomic E-state index is 13.3. The number of thioether (sulfide) groups is 1. The Labute approximate surface area is 203 Å². The molecule has 0 bridgehead atoms. The first-order valence-corrected chi connectivity index (χ1v) is 13.0. The Hall–Kier alpha value is -3.43. The summed E-state index contributed by atoms with van der Waals surface area (Å²) in [6.45, 7) is 1.98. The number of anilines is 2. The van der Waals surface area contributed by atoms with Crippen LogP contribution in [0.3, 0.4) is 0 Å². The number of carbonyl (C=O) groups excluding carboxylic acids is 2. The summed E-state index contributed by atoms with van der Waals surface area (Å²) in [6.07, 6.45) is 0.666. The van der Waals surface area contributed by atoms with Crippen LogP contribution in [0.1, 0.15) is 18.9 Å². The van der Waals surface area contributed by atoms with Crippen LogP contribution in [0.4, 0.5) is 11.4 Å². The van der Waals surface area contributed by atoms with E-state index < -0.39 is 21.2 Å². The van der Waals surface area contributed by atoms with Crippen LogP contribution in [-0.4, -0.2) is 30.6 Å². The highest BCUT2D eigenvalue weighted by molar-refractivity contribution is 8.16. The lowest BCUT2D eigenvalue weighted by Gasteiger charge is -2.16. The number of carbonyl (C=O) groups is 2. The van der Waals surface area contributed by atoms with E-state index >= 15 is 0 Å². The number of rotatable bonds is 7. The number of benzene rings is 3. The maximum absolute atomic E-state index is 13.3. The van der Waals surface area contributed by atoms with Crippen molar-refractivity contribution in [3.05, 3.63) is 90.5 Å². The topological polar surface area (TPSA) is 95.9 Å². The molecular weight excluding hydrogens is 470 g/mol. The van der Waals surface area contributed by atoms with Gasteiger partial charge in [-0.25, -0.2) is 0 Å². The minimum atomic E-state index is -4.06. The van der Waals surface area contributed by atoms with Gasteiger partial charge in [-0.3, -0.25) is 14.5 Å². The van der Waals surface area contributed by atoms with Gasteiger partial charge in [-0.1, -0.05) is 67.2 Å². The third kappa shape index (κ3) is 5.37. The van der Waals surface area contributed by atoms with E-state index in [9.17, 15) is 18.0 Å². The Kier molecular flexibility index (Phi) is 7.14. The van der Waals surface area contributed by atoms with Crippen LogP contribution in [0.25, 0.3) is 0 Å². The normalized spacial score (nSPS) is 17.2. The fourth-order valence-electron chi connectivity index (χ4n) is 3.43. The molecule has 1 aliphatic rings. The van der Waals surface area contributed by atoms with Crippen LogP contribution in [0.15, 0.2) is 94.2 Å². The van der Waals surface area contributed by atoms with Crippen LogP contribution in [0.5, 0.6) is 0 Å². The fourth-order valence-corrected chi connectivity index (χ4v) is 5.76. The number of amides is 2. The molecule has 1 heterocycles. The lowest BCUT2D eigenvalue weighted by molar-refractivity contribution is -0.121. The van der Waals surface area contributed by atoms with Crippen molar-refractivity contribution >= 4 is 50.1 Å².